The van der Waals surface area contributed by atoms with Crippen LogP contribution in [0.15, 0.2) is 36.4 Å². The second-order valence-corrected chi connectivity index (χ2v) is 11.4. The molecule has 0 radical (unpaired) electrons. The van der Waals surface area contributed by atoms with Crippen LogP contribution in [0.25, 0.3) is 0 Å². The minimum absolute atomic E-state index is 0.0485. The van der Waals surface area contributed by atoms with Crippen molar-refractivity contribution >= 4 is 50.7 Å². The molecular weight excluding hydrogens is 497 g/mol. The Hall–Kier alpha value is -2.29. The van der Waals surface area contributed by atoms with Crippen molar-refractivity contribution in [1.82, 2.24) is 10.2 Å². The number of benzene rings is 2. The molecule has 0 aliphatic rings. The summed E-state index contributed by atoms with van der Waals surface area (Å²) in [5.41, 5.74) is 2.94. The number of nitrogens with one attached hydrogen (secondary N) is 1. The van der Waals surface area contributed by atoms with Crippen molar-refractivity contribution in [3.05, 3.63) is 63.1 Å². The van der Waals surface area contributed by atoms with Gasteiger partial charge in [0.2, 0.25) is 21.8 Å². The minimum atomic E-state index is -3.78. The highest BCUT2D eigenvalue weighted by atomic mass is 35.5. The molecular formula is C24H31Cl2N3O4S. The van der Waals surface area contributed by atoms with Gasteiger partial charge in [0.15, 0.2) is 0 Å². The molecule has 0 heterocycles. The van der Waals surface area contributed by atoms with E-state index in [4.69, 9.17) is 23.2 Å². The molecule has 0 saturated heterocycles. The lowest BCUT2D eigenvalue weighted by Gasteiger charge is -2.32. The summed E-state index contributed by atoms with van der Waals surface area (Å²) in [5.74, 6) is -0.873. The van der Waals surface area contributed by atoms with Crippen molar-refractivity contribution in [2.24, 2.45) is 0 Å². The lowest BCUT2D eigenvalue weighted by Crippen LogP contribution is -2.52. The number of nitrogens with zero attached hydrogens (tertiary/aromatic N) is 2. The summed E-state index contributed by atoms with van der Waals surface area (Å²) >= 11 is 12.1. The van der Waals surface area contributed by atoms with Gasteiger partial charge in [-0.1, -0.05) is 35.3 Å². The van der Waals surface area contributed by atoms with Crippen LogP contribution in [0, 0.1) is 13.8 Å². The van der Waals surface area contributed by atoms with E-state index in [1.54, 1.807) is 43.3 Å². The molecule has 2 aromatic carbocycles. The summed E-state index contributed by atoms with van der Waals surface area (Å²) < 4.78 is 26.3. The minimum Gasteiger partial charge on any atom is -0.352 e. The summed E-state index contributed by atoms with van der Waals surface area (Å²) in [7, 11) is -3.78. The van der Waals surface area contributed by atoms with Gasteiger partial charge in [0.05, 0.1) is 22.0 Å². The van der Waals surface area contributed by atoms with E-state index in [-0.39, 0.29) is 18.5 Å². The van der Waals surface area contributed by atoms with Crippen LogP contribution in [0.1, 0.15) is 37.5 Å². The van der Waals surface area contributed by atoms with Crippen LogP contribution < -0.4 is 9.62 Å². The first-order chi connectivity index (χ1) is 15.7. The van der Waals surface area contributed by atoms with Crippen molar-refractivity contribution in [2.45, 2.75) is 53.2 Å². The molecule has 0 aliphatic carbocycles. The lowest BCUT2D eigenvalue weighted by atomic mass is 10.1. The second kappa shape index (κ2) is 11.4. The Bertz CT molecular complexity index is 1170. The maximum atomic E-state index is 13.5. The van der Waals surface area contributed by atoms with E-state index in [1.165, 1.54) is 4.90 Å². The molecule has 1 N–H and O–H groups in total. The van der Waals surface area contributed by atoms with Crippen molar-refractivity contribution < 1.29 is 18.0 Å². The van der Waals surface area contributed by atoms with Gasteiger partial charge in [-0.25, -0.2) is 8.42 Å². The molecule has 0 unspecified atom stereocenters. The number of carbonyl (C=O) groups excluding carboxylic acids is 2. The number of rotatable bonds is 9. The Kier molecular flexibility index (Phi) is 9.39. The zero-order valence-corrected chi connectivity index (χ0v) is 22.6. The zero-order valence-electron chi connectivity index (χ0n) is 20.2. The van der Waals surface area contributed by atoms with E-state index in [0.29, 0.717) is 21.3 Å². The van der Waals surface area contributed by atoms with E-state index in [2.05, 4.69) is 5.32 Å². The Balaban J connectivity index is 2.43. The molecule has 0 aromatic heterocycles. The van der Waals surface area contributed by atoms with Gasteiger partial charge in [0.25, 0.3) is 0 Å². The largest absolute Gasteiger partial charge is 0.352 e. The molecule has 1 atom stereocenters. The molecule has 34 heavy (non-hydrogen) atoms. The Morgan fingerprint density at radius 1 is 0.971 bits per heavy atom. The van der Waals surface area contributed by atoms with E-state index < -0.39 is 28.5 Å². The van der Waals surface area contributed by atoms with Gasteiger partial charge in [-0.2, -0.15) is 0 Å². The van der Waals surface area contributed by atoms with Crippen LogP contribution in [-0.2, 0) is 26.2 Å². The number of anilines is 1. The number of hydrogen-bond acceptors (Lipinski definition) is 4. The van der Waals surface area contributed by atoms with E-state index >= 15 is 0 Å². The van der Waals surface area contributed by atoms with E-state index in [9.17, 15) is 18.0 Å². The van der Waals surface area contributed by atoms with Gasteiger partial charge in [-0.15, -0.1) is 0 Å². The van der Waals surface area contributed by atoms with Crippen LogP contribution in [0.3, 0.4) is 0 Å². The number of hydrogen-bond donors (Lipinski definition) is 1. The normalized spacial score (nSPS) is 12.4. The predicted molar refractivity (Wildman–Crippen MR) is 138 cm³/mol. The smallest absolute Gasteiger partial charge is 0.244 e. The average molecular weight is 529 g/mol. The van der Waals surface area contributed by atoms with E-state index in [0.717, 1.165) is 21.7 Å². The van der Waals surface area contributed by atoms with Gasteiger partial charge < -0.3 is 10.2 Å². The van der Waals surface area contributed by atoms with Crippen LogP contribution in [-0.4, -0.2) is 50.0 Å². The monoisotopic (exact) mass is 527 g/mol. The number of amides is 2. The fourth-order valence-electron chi connectivity index (χ4n) is 3.32. The third-order valence-electron chi connectivity index (χ3n) is 5.39. The number of halogens is 2. The number of carbonyl (C=O) groups is 2. The summed E-state index contributed by atoms with van der Waals surface area (Å²) in [4.78, 5) is 27.6. The van der Waals surface area contributed by atoms with Crippen LogP contribution in [0.2, 0.25) is 10.0 Å². The van der Waals surface area contributed by atoms with Gasteiger partial charge in [0, 0.05) is 12.6 Å². The Labute approximate surface area is 212 Å². The van der Waals surface area contributed by atoms with Gasteiger partial charge in [0.1, 0.15) is 12.6 Å². The zero-order chi connectivity index (χ0) is 25.8. The van der Waals surface area contributed by atoms with Gasteiger partial charge in [-0.05, 0) is 75.6 Å². The first-order valence-corrected chi connectivity index (χ1v) is 13.4. The molecule has 0 bridgehead atoms. The summed E-state index contributed by atoms with van der Waals surface area (Å²) in [6.07, 6.45) is 1.05. The van der Waals surface area contributed by atoms with E-state index in [1.807, 2.05) is 27.7 Å². The highest BCUT2D eigenvalue weighted by Crippen LogP contribution is 2.25. The summed E-state index contributed by atoms with van der Waals surface area (Å²) in [6.45, 7) is 8.63. The predicted octanol–water partition coefficient (Wildman–Crippen LogP) is 4.32. The fraction of sp³-hybridized carbons (Fsp3) is 0.417. The Morgan fingerprint density at radius 2 is 1.62 bits per heavy atom. The lowest BCUT2D eigenvalue weighted by molar-refractivity contribution is -0.139. The molecule has 10 heteroatoms. The highest BCUT2D eigenvalue weighted by Gasteiger charge is 2.30. The summed E-state index contributed by atoms with van der Waals surface area (Å²) in [6, 6.07) is 9.15. The third-order valence-corrected chi connectivity index (χ3v) is 7.27. The molecule has 0 aliphatic heterocycles. The molecule has 0 fully saturated rings. The maximum Gasteiger partial charge on any atom is 0.244 e. The van der Waals surface area contributed by atoms with Crippen LogP contribution in [0.4, 0.5) is 5.69 Å². The maximum absolute atomic E-state index is 13.5. The molecule has 2 aromatic rings. The highest BCUT2D eigenvalue weighted by molar-refractivity contribution is 7.92. The second-order valence-electron chi connectivity index (χ2n) is 8.65. The molecule has 2 amide bonds. The number of aryl methyl sites for hydroxylation is 2. The first kappa shape index (κ1) is 28.0. The quantitative estimate of drug-likeness (QED) is 0.526. The van der Waals surface area contributed by atoms with Gasteiger partial charge in [-0.3, -0.25) is 13.9 Å². The fourth-order valence-corrected chi connectivity index (χ4v) is 4.48. The van der Waals surface area contributed by atoms with Gasteiger partial charge >= 0.3 is 0 Å². The summed E-state index contributed by atoms with van der Waals surface area (Å²) in [5, 5.41) is 3.49. The molecule has 186 valence electrons. The van der Waals surface area contributed by atoms with Crippen LogP contribution in [0.5, 0.6) is 0 Å². The van der Waals surface area contributed by atoms with Crippen molar-refractivity contribution in [1.29, 1.82) is 0 Å². The standard InChI is InChI=1S/C24H31Cl2N3O4S/c1-15(2)27-24(31)18(5)28(13-19-8-10-21(25)22(26)12-19)23(30)14-29(34(6,32)33)20-9-7-16(3)17(4)11-20/h7-12,15,18H,13-14H2,1-6H3,(H,27,31)/t18-/m1/s1. The van der Waals surface area contributed by atoms with Crippen molar-refractivity contribution in [3.63, 3.8) is 0 Å². The molecule has 0 saturated carbocycles. The molecule has 7 nitrogen and oxygen atoms in total. The molecule has 0 spiro atoms. The van der Waals surface area contributed by atoms with Crippen molar-refractivity contribution in [2.75, 3.05) is 17.1 Å². The number of sulfonamides is 1. The Morgan fingerprint density at radius 3 is 2.15 bits per heavy atom. The topological polar surface area (TPSA) is 86.8 Å². The van der Waals surface area contributed by atoms with Crippen LogP contribution >= 0.6 is 23.2 Å². The van der Waals surface area contributed by atoms with Crippen molar-refractivity contribution in [3.8, 4) is 0 Å². The molecule has 2 rings (SSSR count). The third kappa shape index (κ3) is 7.35. The SMILES string of the molecule is Cc1ccc(N(CC(=O)N(Cc2ccc(Cl)c(Cl)c2)[C@H](C)C(=O)NC(C)C)S(C)(=O)=O)cc1C. The average Bonchev–Trinajstić information content (AvgIpc) is 2.72. The first-order valence-electron chi connectivity index (χ1n) is 10.8.